The topological polar surface area (TPSA) is 4.93 Å². The molecule has 0 spiro atoms. The highest BCUT2D eigenvalue weighted by Crippen LogP contribution is 2.41. The maximum Gasteiger partial charge on any atom is 0.0812 e. The predicted molar refractivity (Wildman–Crippen MR) is 116 cm³/mol. The summed E-state index contributed by atoms with van der Waals surface area (Å²) in [5.74, 6) is 0. The number of fused-ring (bicyclic) bond motifs is 6. The van der Waals surface area contributed by atoms with Crippen LogP contribution < -0.4 is 0 Å². The fourth-order valence-electron chi connectivity index (χ4n) is 4.52. The number of nitrogens with zero attached hydrogens (tertiary/aromatic N) is 1. The molecule has 5 aromatic rings. The normalized spacial score (nSPS) is 12.5. The standard InChI is InChI=1S/C25H16FNS/c26-28-19-12-10-17-13-16-9-11-18(14-22(16)23(17)15-19)27-24-7-3-1-5-20(24)21-6-2-4-8-25(21)27/h1-12,14-15H,13H2. The third kappa shape index (κ3) is 2.20. The third-order valence-electron chi connectivity index (χ3n) is 5.77. The summed E-state index contributed by atoms with van der Waals surface area (Å²) in [6, 6.07) is 29.6. The summed E-state index contributed by atoms with van der Waals surface area (Å²) in [6.45, 7) is 0. The number of halogens is 1. The van der Waals surface area contributed by atoms with Gasteiger partial charge in [0.05, 0.1) is 23.2 Å². The first kappa shape index (κ1) is 16.0. The molecule has 0 atom stereocenters. The van der Waals surface area contributed by atoms with E-state index in [4.69, 9.17) is 0 Å². The highest BCUT2D eigenvalue weighted by atomic mass is 32.2. The van der Waals surface area contributed by atoms with Crippen LogP contribution in [0.5, 0.6) is 0 Å². The number of aromatic nitrogens is 1. The molecule has 0 aliphatic heterocycles. The van der Waals surface area contributed by atoms with Crippen LogP contribution in [-0.2, 0) is 6.42 Å². The monoisotopic (exact) mass is 381 g/mol. The molecule has 3 heteroatoms. The van der Waals surface area contributed by atoms with Crippen LogP contribution in [0.15, 0.2) is 89.8 Å². The summed E-state index contributed by atoms with van der Waals surface area (Å²) in [5.41, 5.74) is 8.49. The maximum absolute atomic E-state index is 13.1. The molecule has 0 bridgehead atoms. The van der Waals surface area contributed by atoms with E-state index in [1.165, 1.54) is 38.5 Å². The second-order valence-electron chi connectivity index (χ2n) is 7.28. The number of hydrogen-bond donors (Lipinski definition) is 0. The van der Waals surface area contributed by atoms with Crippen LogP contribution in [-0.4, -0.2) is 4.57 Å². The molecular formula is C25H16FNS. The van der Waals surface area contributed by atoms with Gasteiger partial charge in [-0.15, -0.1) is 0 Å². The molecule has 1 nitrogen and oxygen atoms in total. The van der Waals surface area contributed by atoms with Crippen LogP contribution in [0.2, 0.25) is 0 Å². The van der Waals surface area contributed by atoms with Crippen LogP contribution in [0.25, 0.3) is 38.6 Å². The van der Waals surface area contributed by atoms with E-state index in [9.17, 15) is 3.89 Å². The zero-order valence-electron chi connectivity index (χ0n) is 15.0. The van der Waals surface area contributed by atoms with Crippen LogP contribution in [0.1, 0.15) is 11.1 Å². The van der Waals surface area contributed by atoms with E-state index in [1.807, 2.05) is 12.1 Å². The third-order valence-corrected chi connectivity index (χ3v) is 6.21. The van der Waals surface area contributed by atoms with Gasteiger partial charge in [-0.3, -0.25) is 0 Å². The Hall–Kier alpha value is -3.04. The van der Waals surface area contributed by atoms with Gasteiger partial charge in [0.1, 0.15) is 0 Å². The molecule has 134 valence electrons. The summed E-state index contributed by atoms with van der Waals surface area (Å²) in [4.78, 5) is 0.661. The van der Waals surface area contributed by atoms with Crippen molar-refractivity contribution in [3.05, 3.63) is 96.1 Å². The minimum atomic E-state index is 0.310. The number of hydrogen-bond acceptors (Lipinski definition) is 1. The van der Waals surface area contributed by atoms with Gasteiger partial charge in [-0.2, -0.15) is 3.89 Å². The smallest absolute Gasteiger partial charge is 0.0812 e. The van der Waals surface area contributed by atoms with Gasteiger partial charge in [-0.1, -0.05) is 48.5 Å². The molecule has 0 amide bonds. The van der Waals surface area contributed by atoms with Crippen LogP contribution in [0.3, 0.4) is 0 Å². The molecule has 0 radical (unpaired) electrons. The molecular weight excluding hydrogens is 365 g/mol. The second-order valence-corrected chi connectivity index (χ2v) is 7.91. The number of para-hydroxylation sites is 2. The van der Waals surface area contributed by atoms with Crippen molar-refractivity contribution in [3.63, 3.8) is 0 Å². The first-order valence-electron chi connectivity index (χ1n) is 9.37. The van der Waals surface area contributed by atoms with Crippen molar-refractivity contribution in [1.82, 2.24) is 4.57 Å². The van der Waals surface area contributed by atoms with Gasteiger partial charge in [-0.25, -0.2) is 0 Å². The molecule has 6 rings (SSSR count). The van der Waals surface area contributed by atoms with Gasteiger partial charge in [0, 0.05) is 21.4 Å². The van der Waals surface area contributed by atoms with Crippen molar-refractivity contribution in [2.75, 3.05) is 0 Å². The number of benzene rings is 4. The molecule has 4 aromatic carbocycles. The molecule has 1 aromatic heterocycles. The van der Waals surface area contributed by atoms with E-state index in [-0.39, 0.29) is 0 Å². The molecule has 1 aliphatic carbocycles. The first-order valence-corrected chi connectivity index (χ1v) is 10.1. The Balaban J connectivity index is 1.64. The average Bonchev–Trinajstić information content (AvgIpc) is 3.28. The Morgan fingerprint density at radius 1 is 0.679 bits per heavy atom. The van der Waals surface area contributed by atoms with Crippen molar-refractivity contribution in [2.24, 2.45) is 0 Å². The minimum absolute atomic E-state index is 0.310. The molecule has 0 fully saturated rings. The van der Waals surface area contributed by atoms with Crippen molar-refractivity contribution in [3.8, 4) is 16.8 Å². The van der Waals surface area contributed by atoms with Gasteiger partial charge < -0.3 is 4.57 Å². The van der Waals surface area contributed by atoms with Gasteiger partial charge in [-0.05, 0) is 65.1 Å². The van der Waals surface area contributed by atoms with Crippen molar-refractivity contribution in [2.45, 2.75) is 11.3 Å². The molecule has 0 saturated carbocycles. The average molecular weight is 381 g/mol. The van der Waals surface area contributed by atoms with E-state index < -0.39 is 0 Å². The Morgan fingerprint density at radius 3 is 1.96 bits per heavy atom. The molecule has 0 unspecified atom stereocenters. The van der Waals surface area contributed by atoms with Gasteiger partial charge in [0.15, 0.2) is 0 Å². The Labute approximate surface area is 166 Å². The van der Waals surface area contributed by atoms with E-state index in [0.717, 1.165) is 17.7 Å². The molecule has 1 aliphatic rings. The Kier molecular flexibility index (Phi) is 3.41. The molecule has 0 N–H and O–H groups in total. The second kappa shape index (κ2) is 5.98. The van der Waals surface area contributed by atoms with Crippen LogP contribution >= 0.6 is 12.1 Å². The van der Waals surface area contributed by atoms with Crippen LogP contribution in [0.4, 0.5) is 3.89 Å². The van der Waals surface area contributed by atoms with Gasteiger partial charge in [0.2, 0.25) is 0 Å². The first-order chi connectivity index (χ1) is 13.8. The SMILES string of the molecule is FSc1ccc2c(c1)-c1cc(-n3c4ccccc4c4ccccc43)ccc1C2. The van der Waals surface area contributed by atoms with Crippen molar-refractivity contribution < 1.29 is 3.89 Å². The molecule has 28 heavy (non-hydrogen) atoms. The maximum atomic E-state index is 13.1. The van der Waals surface area contributed by atoms with E-state index in [2.05, 4.69) is 77.4 Å². The lowest BCUT2D eigenvalue weighted by Crippen LogP contribution is -1.94. The van der Waals surface area contributed by atoms with E-state index in [0.29, 0.717) is 17.0 Å². The Morgan fingerprint density at radius 2 is 1.29 bits per heavy atom. The fraction of sp³-hybridized carbons (Fsp3) is 0.0400. The van der Waals surface area contributed by atoms with E-state index >= 15 is 0 Å². The van der Waals surface area contributed by atoms with Crippen molar-refractivity contribution >= 4 is 34.0 Å². The highest BCUT2D eigenvalue weighted by Gasteiger charge is 2.20. The molecule has 0 saturated heterocycles. The Bertz CT molecular complexity index is 1330. The molecule has 1 heterocycles. The lowest BCUT2D eigenvalue weighted by molar-refractivity contribution is 0.934. The van der Waals surface area contributed by atoms with Crippen molar-refractivity contribution in [1.29, 1.82) is 0 Å². The van der Waals surface area contributed by atoms with Gasteiger partial charge >= 0.3 is 0 Å². The van der Waals surface area contributed by atoms with Gasteiger partial charge in [0.25, 0.3) is 0 Å². The highest BCUT2D eigenvalue weighted by molar-refractivity contribution is 7.94. The largest absolute Gasteiger partial charge is 0.309 e. The summed E-state index contributed by atoms with van der Waals surface area (Å²) < 4.78 is 15.5. The summed E-state index contributed by atoms with van der Waals surface area (Å²) in [5, 5.41) is 2.52. The fourth-order valence-corrected chi connectivity index (χ4v) is 4.80. The zero-order valence-corrected chi connectivity index (χ0v) is 15.8. The lowest BCUT2D eigenvalue weighted by Gasteiger charge is -2.10. The lowest BCUT2D eigenvalue weighted by atomic mass is 10.1. The summed E-state index contributed by atoms with van der Waals surface area (Å²) in [6.07, 6.45) is 0.912. The minimum Gasteiger partial charge on any atom is -0.309 e. The number of rotatable bonds is 2. The summed E-state index contributed by atoms with van der Waals surface area (Å²) >= 11 is 0.310. The zero-order chi connectivity index (χ0) is 18.7. The quantitative estimate of drug-likeness (QED) is 0.304. The summed E-state index contributed by atoms with van der Waals surface area (Å²) in [7, 11) is 0. The van der Waals surface area contributed by atoms with E-state index in [1.54, 1.807) is 0 Å². The predicted octanol–water partition coefficient (Wildman–Crippen LogP) is 7.33. The van der Waals surface area contributed by atoms with Crippen LogP contribution in [0, 0.1) is 0 Å².